The fourth-order valence-electron chi connectivity index (χ4n) is 2.09. The minimum absolute atomic E-state index is 0.501. The van der Waals surface area contributed by atoms with Crippen molar-refractivity contribution in [3.63, 3.8) is 0 Å². The molecule has 0 spiro atoms. The van der Waals surface area contributed by atoms with Crippen molar-refractivity contribution >= 4 is 22.5 Å². The molecule has 0 aliphatic carbocycles. The van der Waals surface area contributed by atoms with Crippen LogP contribution >= 0.6 is 11.6 Å². The van der Waals surface area contributed by atoms with Gasteiger partial charge < -0.3 is 15.7 Å². The van der Waals surface area contributed by atoms with Gasteiger partial charge in [-0.2, -0.15) is 0 Å². The van der Waals surface area contributed by atoms with E-state index in [-0.39, 0.29) is 0 Å². The van der Waals surface area contributed by atoms with E-state index in [4.69, 9.17) is 17.3 Å². The van der Waals surface area contributed by atoms with Gasteiger partial charge in [-0.25, -0.2) is 4.98 Å². The minimum atomic E-state index is 0.501. The fraction of sp³-hybridized carbons (Fsp3) is 0.154. The van der Waals surface area contributed by atoms with Crippen molar-refractivity contribution in [1.82, 2.24) is 15.0 Å². The van der Waals surface area contributed by atoms with Gasteiger partial charge in [-0.15, -0.1) is 0 Å². The standard InChI is InChI=1S/C13H13ClN4/c14-12-11(5-6-15)17-13(18-12)9-7-16-10-4-2-1-3-8(9)10/h1-4,7,16H,5-6,15H2,(H,17,18). The zero-order valence-corrected chi connectivity index (χ0v) is 10.5. The Labute approximate surface area is 109 Å². The Kier molecular flexibility index (Phi) is 2.81. The van der Waals surface area contributed by atoms with Gasteiger partial charge in [-0.05, 0) is 12.6 Å². The summed E-state index contributed by atoms with van der Waals surface area (Å²) in [5.74, 6) is 0.779. The largest absolute Gasteiger partial charge is 0.360 e. The van der Waals surface area contributed by atoms with Crippen LogP contribution in [0.5, 0.6) is 0 Å². The zero-order valence-electron chi connectivity index (χ0n) is 9.70. The highest BCUT2D eigenvalue weighted by Crippen LogP contribution is 2.28. The molecule has 3 aromatic rings. The van der Waals surface area contributed by atoms with Crippen LogP contribution in [0.25, 0.3) is 22.3 Å². The van der Waals surface area contributed by atoms with E-state index in [0.29, 0.717) is 18.1 Å². The number of imidazole rings is 1. The second-order valence-corrected chi connectivity index (χ2v) is 4.50. The summed E-state index contributed by atoms with van der Waals surface area (Å²) in [6.45, 7) is 0.551. The van der Waals surface area contributed by atoms with Crippen molar-refractivity contribution in [1.29, 1.82) is 0 Å². The molecule has 1 aromatic carbocycles. The summed E-state index contributed by atoms with van der Waals surface area (Å²) in [5, 5.41) is 1.63. The van der Waals surface area contributed by atoms with E-state index in [1.54, 1.807) is 0 Å². The van der Waals surface area contributed by atoms with E-state index >= 15 is 0 Å². The third kappa shape index (κ3) is 1.79. The number of H-pyrrole nitrogens is 2. The molecule has 0 saturated carbocycles. The molecule has 0 saturated heterocycles. The molecule has 4 nitrogen and oxygen atoms in total. The van der Waals surface area contributed by atoms with Crippen LogP contribution in [0, 0.1) is 0 Å². The maximum Gasteiger partial charge on any atom is 0.150 e. The normalized spacial score (nSPS) is 11.2. The Balaban J connectivity index is 2.11. The molecule has 2 heterocycles. The molecule has 92 valence electrons. The molecular formula is C13H13ClN4. The smallest absolute Gasteiger partial charge is 0.150 e. The first-order chi connectivity index (χ1) is 8.79. The van der Waals surface area contributed by atoms with Crippen LogP contribution in [-0.4, -0.2) is 21.5 Å². The van der Waals surface area contributed by atoms with Crippen LogP contribution in [0.1, 0.15) is 5.69 Å². The number of para-hydroxylation sites is 1. The van der Waals surface area contributed by atoms with Crippen molar-refractivity contribution in [3.8, 4) is 11.4 Å². The lowest BCUT2D eigenvalue weighted by atomic mass is 10.2. The van der Waals surface area contributed by atoms with Gasteiger partial charge >= 0.3 is 0 Å². The predicted octanol–water partition coefficient (Wildman–Crippen LogP) is 2.71. The van der Waals surface area contributed by atoms with Crippen molar-refractivity contribution < 1.29 is 0 Å². The summed E-state index contributed by atoms with van der Waals surface area (Å²) in [4.78, 5) is 10.8. The Bertz CT molecular complexity index is 683. The lowest BCUT2D eigenvalue weighted by Crippen LogP contribution is -2.03. The molecule has 0 atom stereocenters. The Morgan fingerprint density at radius 2 is 2.11 bits per heavy atom. The Morgan fingerprint density at radius 1 is 1.28 bits per heavy atom. The summed E-state index contributed by atoms with van der Waals surface area (Å²) in [6, 6.07) is 8.09. The van der Waals surface area contributed by atoms with Crippen LogP contribution in [0.4, 0.5) is 0 Å². The Morgan fingerprint density at radius 3 is 2.94 bits per heavy atom. The van der Waals surface area contributed by atoms with E-state index in [9.17, 15) is 0 Å². The summed E-state index contributed by atoms with van der Waals surface area (Å²) in [6.07, 6.45) is 2.64. The van der Waals surface area contributed by atoms with E-state index in [2.05, 4.69) is 21.0 Å². The third-order valence-corrected chi connectivity index (χ3v) is 3.28. The number of nitrogens with two attached hydrogens (primary N) is 1. The van der Waals surface area contributed by atoms with Crippen molar-refractivity contribution in [2.45, 2.75) is 6.42 Å². The van der Waals surface area contributed by atoms with Crippen molar-refractivity contribution in [3.05, 3.63) is 41.3 Å². The fourth-order valence-corrected chi connectivity index (χ4v) is 2.32. The van der Waals surface area contributed by atoms with Gasteiger partial charge in [0.1, 0.15) is 5.82 Å². The SMILES string of the molecule is NCCc1[nH]c(-c2c[nH]c3ccccc23)nc1Cl. The van der Waals surface area contributed by atoms with Crippen molar-refractivity contribution in [2.24, 2.45) is 5.73 Å². The van der Waals surface area contributed by atoms with Gasteiger partial charge in [0, 0.05) is 29.1 Å². The van der Waals surface area contributed by atoms with Gasteiger partial charge in [0.15, 0.2) is 5.15 Å². The number of hydrogen-bond acceptors (Lipinski definition) is 2. The molecule has 0 aliphatic heterocycles. The van der Waals surface area contributed by atoms with Crippen LogP contribution < -0.4 is 5.73 Å². The molecule has 0 radical (unpaired) electrons. The molecule has 0 unspecified atom stereocenters. The first-order valence-corrected chi connectivity index (χ1v) is 6.18. The highest BCUT2D eigenvalue weighted by molar-refractivity contribution is 6.30. The van der Waals surface area contributed by atoms with Crippen LogP contribution in [-0.2, 0) is 6.42 Å². The molecule has 2 aromatic heterocycles. The quantitative estimate of drug-likeness (QED) is 0.678. The molecule has 4 N–H and O–H groups in total. The molecule has 0 bridgehead atoms. The second kappa shape index (κ2) is 4.48. The van der Waals surface area contributed by atoms with Gasteiger partial charge in [-0.3, -0.25) is 0 Å². The lowest BCUT2D eigenvalue weighted by molar-refractivity contribution is 0.936. The maximum absolute atomic E-state index is 6.08. The number of aromatic nitrogens is 3. The number of fused-ring (bicyclic) bond motifs is 1. The molecule has 5 heteroatoms. The molecule has 18 heavy (non-hydrogen) atoms. The lowest BCUT2D eigenvalue weighted by Gasteiger charge is -1.94. The van der Waals surface area contributed by atoms with Crippen LogP contribution in [0.3, 0.4) is 0 Å². The second-order valence-electron chi connectivity index (χ2n) is 4.14. The topological polar surface area (TPSA) is 70.5 Å². The monoisotopic (exact) mass is 260 g/mol. The summed E-state index contributed by atoms with van der Waals surface area (Å²) in [7, 11) is 0. The van der Waals surface area contributed by atoms with E-state index < -0.39 is 0 Å². The number of rotatable bonds is 3. The number of nitrogens with one attached hydrogen (secondary N) is 2. The third-order valence-electron chi connectivity index (χ3n) is 2.97. The average Bonchev–Trinajstić information content (AvgIpc) is 2.94. The first-order valence-electron chi connectivity index (χ1n) is 5.80. The minimum Gasteiger partial charge on any atom is -0.360 e. The summed E-state index contributed by atoms with van der Waals surface area (Å²) < 4.78 is 0. The molecule has 0 aliphatic rings. The highest BCUT2D eigenvalue weighted by atomic mass is 35.5. The highest BCUT2D eigenvalue weighted by Gasteiger charge is 2.12. The first kappa shape index (κ1) is 11.3. The summed E-state index contributed by atoms with van der Waals surface area (Å²) in [5.41, 5.74) is 8.53. The van der Waals surface area contributed by atoms with E-state index in [0.717, 1.165) is 28.0 Å². The number of hydrogen-bond donors (Lipinski definition) is 3. The average molecular weight is 261 g/mol. The predicted molar refractivity (Wildman–Crippen MR) is 73.6 cm³/mol. The van der Waals surface area contributed by atoms with Crippen LogP contribution in [0.2, 0.25) is 5.15 Å². The number of benzene rings is 1. The van der Waals surface area contributed by atoms with Crippen molar-refractivity contribution in [2.75, 3.05) is 6.54 Å². The van der Waals surface area contributed by atoms with Gasteiger partial charge in [-0.1, -0.05) is 29.8 Å². The molecule has 3 rings (SSSR count). The summed E-state index contributed by atoms with van der Waals surface area (Å²) >= 11 is 6.08. The Hall–Kier alpha value is -1.78. The maximum atomic E-state index is 6.08. The van der Waals surface area contributed by atoms with Crippen LogP contribution in [0.15, 0.2) is 30.5 Å². The number of halogens is 1. The van der Waals surface area contributed by atoms with E-state index in [1.807, 2.05) is 24.4 Å². The molecule has 0 fully saturated rings. The number of aromatic amines is 2. The van der Waals surface area contributed by atoms with Gasteiger partial charge in [0.05, 0.1) is 5.69 Å². The van der Waals surface area contributed by atoms with Gasteiger partial charge in [0.25, 0.3) is 0 Å². The zero-order chi connectivity index (χ0) is 12.5. The van der Waals surface area contributed by atoms with E-state index in [1.165, 1.54) is 0 Å². The molecular weight excluding hydrogens is 248 g/mol. The van der Waals surface area contributed by atoms with Gasteiger partial charge in [0.2, 0.25) is 0 Å². The molecule has 0 amide bonds. The number of nitrogens with zero attached hydrogens (tertiary/aromatic N) is 1.